The van der Waals surface area contributed by atoms with Crippen molar-refractivity contribution >= 4 is 23.1 Å². The number of aromatic amines is 1. The standard InChI is InChI=1S/C22H29N5O6/c1-3-4-11-25-20(23)19(21(29)24-22(25)30)26(15-7-5-6-8-15)18(28)13-33-16-9-10-17(27(31)32)14(2)12-16/h9-10,12,15H,3-8,11,13,23H2,1-2H3,(H,24,29,30). The Labute approximate surface area is 190 Å². The Balaban J connectivity index is 1.92. The van der Waals surface area contributed by atoms with Crippen LogP contribution in [0.2, 0.25) is 0 Å². The van der Waals surface area contributed by atoms with Gasteiger partial charge in [-0.25, -0.2) is 4.79 Å². The van der Waals surface area contributed by atoms with Crippen molar-refractivity contribution in [3.05, 3.63) is 54.7 Å². The first kappa shape index (κ1) is 24.0. The monoisotopic (exact) mass is 459 g/mol. The summed E-state index contributed by atoms with van der Waals surface area (Å²) in [6.45, 7) is 3.49. The van der Waals surface area contributed by atoms with Gasteiger partial charge in [0.1, 0.15) is 11.6 Å². The zero-order chi connectivity index (χ0) is 24.1. The number of ether oxygens (including phenoxy) is 1. The van der Waals surface area contributed by atoms with Crippen molar-refractivity contribution < 1.29 is 14.5 Å². The fourth-order valence-corrected chi connectivity index (χ4v) is 4.16. The smallest absolute Gasteiger partial charge is 0.330 e. The number of nitro benzene ring substituents is 1. The number of rotatable bonds is 9. The lowest BCUT2D eigenvalue weighted by atomic mass is 10.2. The van der Waals surface area contributed by atoms with E-state index in [0.29, 0.717) is 37.1 Å². The molecule has 3 N–H and O–H groups in total. The number of carbonyl (C=O) groups excluding carboxylic acids is 1. The number of amides is 1. The first-order valence-corrected chi connectivity index (χ1v) is 11.1. The third kappa shape index (κ3) is 5.24. The lowest BCUT2D eigenvalue weighted by molar-refractivity contribution is -0.385. The van der Waals surface area contributed by atoms with Gasteiger partial charge in [-0.05, 0) is 38.3 Å². The number of nitrogens with zero attached hydrogens (tertiary/aromatic N) is 3. The number of aryl methyl sites for hydroxylation is 1. The molecule has 1 saturated carbocycles. The topological polar surface area (TPSA) is 154 Å². The SMILES string of the molecule is CCCCn1c(N)c(N(C(=O)COc2ccc([N+](=O)[O-])c(C)c2)C2CCCC2)c(=O)[nH]c1=O. The third-order valence-corrected chi connectivity index (χ3v) is 5.88. The number of benzene rings is 1. The summed E-state index contributed by atoms with van der Waals surface area (Å²) in [5.74, 6) is -0.216. The lowest BCUT2D eigenvalue weighted by Crippen LogP contribution is -2.47. The van der Waals surface area contributed by atoms with Gasteiger partial charge in [-0.1, -0.05) is 26.2 Å². The van der Waals surface area contributed by atoms with Gasteiger partial charge in [-0.3, -0.25) is 34.2 Å². The molecule has 0 unspecified atom stereocenters. The van der Waals surface area contributed by atoms with Crippen molar-refractivity contribution in [2.24, 2.45) is 0 Å². The molecule has 1 heterocycles. The van der Waals surface area contributed by atoms with Gasteiger partial charge in [0.2, 0.25) is 0 Å². The van der Waals surface area contributed by atoms with Gasteiger partial charge in [0, 0.05) is 24.2 Å². The number of anilines is 2. The highest BCUT2D eigenvalue weighted by Crippen LogP contribution is 2.30. The van der Waals surface area contributed by atoms with Crippen LogP contribution in [0.15, 0.2) is 27.8 Å². The van der Waals surface area contributed by atoms with Crippen LogP contribution >= 0.6 is 0 Å². The number of carbonyl (C=O) groups is 1. The van der Waals surface area contributed by atoms with E-state index in [-0.39, 0.29) is 29.8 Å². The number of hydrogen-bond donors (Lipinski definition) is 2. The van der Waals surface area contributed by atoms with Crippen LogP contribution in [0, 0.1) is 17.0 Å². The minimum absolute atomic E-state index is 0.0360. The largest absolute Gasteiger partial charge is 0.484 e. The van der Waals surface area contributed by atoms with E-state index in [4.69, 9.17) is 10.5 Å². The number of nitrogens with two attached hydrogens (primary N) is 1. The molecule has 1 aliphatic carbocycles. The summed E-state index contributed by atoms with van der Waals surface area (Å²) >= 11 is 0. The van der Waals surface area contributed by atoms with Crippen LogP contribution in [-0.2, 0) is 11.3 Å². The molecule has 0 bridgehead atoms. The number of nitrogens with one attached hydrogen (secondary N) is 1. The molecule has 3 rings (SSSR count). The van der Waals surface area contributed by atoms with Crippen LogP contribution in [0.3, 0.4) is 0 Å². The number of hydrogen-bond acceptors (Lipinski definition) is 7. The molecule has 2 aromatic rings. The Bertz CT molecular complexity index is 1150. The fraction of sp³-hybridized carbons (Fsp3) is 0.500. The number of H-pyrrole nitrogens is 1. The molecular weight excluding hydrogens is 430 g/mol. The van der Waals surface area contributed by atoms with Gasteiger partial charge in [0.05, 0.1) is 4.92 Å². The number of unbranched alkanes of at least 4 members (excludes halogenated alkanes) is 1. The molecule has 1 amide bonds. The molecule has 0 saturated heterocycles. The van der Waals surface area contributed by atoms with E-state index in [1.807, 2.05) is 6.92 Å². The highest BCUT2D eigenvalue weighted by molar-refractivity contribution is 5.97. The Kier molecular flexibility index (Phi) is 7.52. The van der Waals surface area contributed by atoms with Crippen LogP contribution < -0.4 is 26.6 Å². The summed E-state index contributed by atoms with van der Waals surface area (Å²) in [6.07, 6.45) is 4.74. The van der Waals surface area contributed by atoms with Gasteiger partial charge >= 0.3 is 5.69 Å². The third-order valence-electron chi connectivity index (χ3n) is 5.88. The number of nitro groups is 1. The van der Waals surface area contributed by atoms with Crippen LogP contribution in [0.5, 0.6) is 5.75 Å². The highest BCUT2D eigenvalue weighted by Gasteiger charge is 2.32. The van der Waals surface area contributed by atoms with Crippen molar-refractivity contribution in [3.63, 3.8) is 0 Å². The Morgan fingerprint density at radius 2 is 2.03 bits per heavy atom. The molecule has 33 heavy (non-hydrogen) atoms. The Hall–Kier alpha value is -3.63. The van der Waals surface area contributed by atoms with Crippen LogP contribution in [0.25, 0.3) is 0 Å². The second kappa shape index (κ2) is 10.3. The predicted octanol–water partition coefficient (Wildman–Crippen LogP) is 2.49. The van der Waals surface area contributed by atoms with Gasteiger partial charge in [-0.15, -0.1) is 0 Å². The maximum Gasteiger partial charge on any atom is 0.330 e. The average molecular weight is 460 g/mol. The van der Waals surface area contributed by atoms with E-state index in [1.54, 1.807) is 6.92 Å². The van der Waals surface area contributed by atoms with Crippen molar-refractivity contribution in [3.8, 4) is 5.75 Å². The van der Waals surface area contributed by atoms with E-state index in [9.17, 15) is 24.5 Å². The molecule has 178 valence electrons. The summed E-state index contributed by atoms with van der Waals surface area (Å²) in [5.41, 5.74) is 5.25. The molecule has 1 aliphatic rings. The molecular formula is C22H29N5O6. The van der Waals surface area contributed by atoms with Crippen molar-refractivity contribution in [2.75, 3.05) is 17.2 Å². The molecule has 1 fully saturated rings. The van der Waals surface area contributed by atoms with E-state index < -0.39 is 22.1 Å². The van der Waals surface area contributed by atoms with Crippen molar-refractivity contribution in [1.82, 2.24) is 9.55 Å². The maximum absolute atomic E-state index is 13.3. The van der Waals surface area contributed by atoms with Gasteiger partial charge in [0.15, 0.2) is 12.3 Å². The summed E-state index contributed by atoms with van der Waals surface area (Å²) < 4.78 is 6.90. The molecule has 0 aliphatic heterocycles. The molecule has 1 aromatic carbocycles. The normalized spacial score (nSPS) is 13.8. The van der Waals surface area contributed by atoms with Crippen molar-refractivity contribution in [2.45, 2.75) is 65.0 Å². The average Bonchev–Trinajstić information content (AvgIpc) is 3.28. The summed E-state index contributed by atoms with van der Waals surface area (Å²) in [7, 11) is 0. The zero-order valence-electron chi connectivity index (χ0n) is 18.8. The quantitative estimate of drug-likeness (QED) is 0.431. The lowest BCUT2D eigenvalue weighted by Gasteiger charge is -2.29. The minimum atomic E-state index is -0.711. The molecule has 11 nitrogen and oxygen atoms in total. The fourth-order valence-electron chi connectivity index (χ4n) is 4.16. The molecule has 0 spiro atoms. The number of nitrogen functional groups attached to an aromatic ring is 1. The van der Waals surface area contributed by atoms with E-state index in [2.05, 4.69) is 4.98 Å². The zero-order valence-corrected chi connectivity index (χ0v) is 18.8. The summed E-state index contributed by atoms with van der Waals surface area (Å²) in [4.78, 5) is 52.5. The predicted molar refractivity (Wildman–Crippen MR) is 124 cm³/mol. The molecule has 0 atom stereocenters. The Morgan fingerprint density at radius 1 is 1.33 bits per heavy atom. The van der Waals surface area contributed by atoms with Crippen LogP contribution in [-0.4, -0.2) is 33.0 Å². The highest BCUT2D eigenvalue weighted by atomic mass is 16.6. The van der Waals surface area contributed by atoms with E-state index in [1.165, 1.54) is 27.7 Å². The van der Waals surface area contributed by atoms with E-state index in [0.717, 1.165) is 19.3 Å². The molecule has 1 aromatic heterocycles. The van der Waals surface area contributed by atoms with Crippen LogP contribution in [0.1, 0.15) is 51.0 Å². The second-order valence-corrected chi connectivity index (χ2v) is 8.19. The maximum atomic E-state index is 13.3. The summed E-state index contributed by atoms with van der Waals surface area (Å²) in [6, 6.07) is 3.98. The number of aromatic nitrogens is 2. The first-order chi connectivity index (χ1) is 15.7. The van der Waals surface area contributed by atoms with Gasteiger partial charge in [0.25, 0.3) is 17.2 Å². The van der Waals surface area contributed by atoms with Gasteiger partial charge < -0.3 is 10.5 Å². The molecule has 11 heteroatoms. The van der Waals surface area contributed by atoms with Crippen LogP contribution in [0.4, 0.5) is 17.2 Å². The minimum Gasteiger partial charge on any atom is -0.484 e. The Morgan fingerprint density at radius 3 is 2.64 bits per heavy atom. The van der Waals surface area contributed by atoms with Crippen molar-refractivity contribution in [1.29, 1.82) is 0 Å². The van der Waals surface area contributed by atoms with E-state index >= 15 is 0 Å². The summed E-state index contributed by atoms with van der Waals surface area (Å²) in [5, 5.41) is 11.0. The van der Waals surface area contributed by atoms with Gasteiger partial charge in [-0.2, -0.15) is 0 Å². The first-order valence-electron chi connectivity index (χ1n) is 11.1. The second-order valence-electron chi connectivity index (χ2n) is 8.19. The molecule has 0 radical (unpaired) electrons.